The normalized spacial score (nSPS) is 15.2. The number of nitrogen functional groups attached to an aromatic ring is 1. The minimum atomic E-state index is 0.465. The minimum Gasteiger partial charge on any atom is -0.399 e. The first-order valence-electron chi connectivity index (χ1n) is 9.57. The van der Waals surface area contributed by atoms with E-state index in [0.717, 1.165) is 43.1 Å². The highest BCUT2D eigenvalue weighted by Crippen LogP contribution is 2.18. The molecule has 150 valence electrons. The van der Waals surface area contributed by atoms with Crippen molar-refractivity contribution in [3.8, 4) is 0 Å². The molecule has 1 fully saturated rings. The number of likely N-dealkylation sites (N-methyl/N-ethyl adjacent to an activating group) is 1. The number of anilines is 4. The fraction of sp³-hybridized carbons (Fsp3) is 0.300. The summed E-state index contributed by atoms with van der Waals surface area (Å²) in [4.78, 5) is 18.3. The highest BCUT2D eigenvalue weighted by molar-refractivity contribution is 5.69. The average Bonchev–Trinajstić information content (AvgIpc) is 3.11. The molecule has 0 saturated carbocycles. The number of benzene rings is 1. The molecule has 0 amide bonds. The zero-order chi connectivity index (χ0) is 20.2. The van der Waals surface area contributed by atoms with E-state index in [4.69, 9.17) is 5.73 Å². The maximum Gasteiger partial charge on any atom is 0.233 e. The van der Waals surface area contributed by atoms with Gasteiger partial charge < -0.3 is 20.9 Å². The van der Waals surface area contributed by atoms with Gasteiger partial charge in [-0.2, -0.15) is 20.1 Å². The van der Waals surface area contributed by atoms with Gasteiger partial charge in [-0.25, -0.2) is 0 Å². The summed E-state index contributed by atoms with van der Waals surface area (Å²) in [6, 6.07) is 9.58. The fourth-order valence-corrected chi connectivity index (χ4v) is 3.09. The van der Waals surface area contributed by atoms with Crippen LogP contribution in [0.2, 0.25) is 0 Å². The van der Waals surface area contributed by atoms with Crippen LogP contribution in [0.25, 0.3) is 12.2 Å². The van der Waals surface area contributed by atoms with Crippen LogP contribution in [-0.4, -0.2) is 63.3 Å². The van der Waals surface area contributed by atoms with Crippen LogP contribution in [0.3, 0.4) is 0 Å². The lowest BCUT2D eigenvalue weighted by atomic mass is 10.2. The van der Waals surface area contributed by atoms with E-state index >= 15 is 0 Å². The SMILES string of the molecule is Cc1cc(Nc2nc(/C=C/c3cccc(N)c3)nc(N3CCN(C)CC3)n2)n[nH]1. The molecule has 1 aliphatic heterocycles. The Kier molecular flexibility index (Phi) is 5.39. The monoisotopic (exact) mass is 391 g/mol. The third-order valence-corrected chi connectivity index (χ3v) is 4.71. The third-order valence-electron chi connectivity index (χ3n) is 4.71. The molecule has 0 spiro atoms. The first-order chi connectivity index (χ1) is 14.0. The third kappa shape index (κ3) is 4.88. The summed E-state index contributed by atoms with van der Waals surface area (Å²) in [6.45, 7) is 5.64. The molecule has 0 aliphatic carbocycles. The van der Waals surface area contributed by atoms with Crippen LogP contribution in [0.1, 0.15) is 17.1 Å². The molecule has 3 heterocycles. The number of aromatic amines is 1. The number of H-pyrrole nitrogens is 1. The number of piperazine rings is 1. The first kappa shape index (κ1) is 18.9. The number of aromatic nitrogens is 5. The number of rotatable bonds is 5. The van der Waals surface area contributed by atoms with E-state index in [0.29, 0.717) is 23.5 Å². The van der Waals surface area contributed by atoms with E-state index in [1.54, 1.807) is 0 Å². The number of hydrogen-bond donors (Lipinski definition) is 3. The Bertz CT molecular complexity index is 1000. The van der Waals surface area contributed by atoms with Crippen LogP contribution >= 0.6 is 0 Å². The molecule has 3 aromatic rings. The summed E-state index contributed by atoms with van der Waals surface area (Å²) in [5.41, 5.74) is 8.54. The Hall–Kier alpha value is -3.46. The molecule has 4 N–H and O–H groups in total. The van der Waals surface area contributed by atoms with Gasteiger partial charge >= 0.3 is 0 Å². The van der Waals surface area contributed by atoms with Gasteiger partial charge in [-0.05, 0) is 37.7 Å². The maximum absolute atomic E-state index is 5.87. The Morgan fingerprint density at radius 2 is 1.90 bits per heavy atom. The molecule has 0 atom stereocenters. The fourth-order valence-electron chi connectivity index (χ4n) is 3.09. The van der Waals surface area contributed by atoms with Crippen LogP contribution in [0.5, 0.6) is 0 Å². The van der Waals surface area contributed by atoms with E-state index in [1.165, 1.54) is 0 Å². The highest BCUT2D eigenvalue weighted by Gasteiger charge is 2.18. The molecule has 29 heavy (non-hydrogen) atoms. The molecular formula is C20H25N9. The van der Waals surface area contributed by atoms with Gasteiger partial charge in [-0.3, -0.25) is 5.10 Å². The molecule has 9 heteroatoms. The topological polar surface area (TPSA) is 112 Å². The van der Waals surface area contributed by atoms with Crippen molar-refractivity contribution < 1.29 is 0 Å². The van der Waals surface area contributed by atoms with Crippen molar-refractivity contribution in [1.29, 1.82) is 0 Å². The summed E-state index contributed by atoms with van der Waals surface area (Å²) in [7, 11) is 2.12. The predicted molar refractivity (Wildman–Crippen MR) is 116 cm³/mol. The number of nitrogens with one attached hydrogen (secondary N) is 2. The van der Waals surface area contributed by atoms with Gasteiger partial charge in [-0.15, -0.1) is 0 Å². The van der Waals surface area contributed by atoms with Crippen molar-refractivity contribution in [2.75, 3.05) is 49.2 Å². The van der Waals surface area contributed by atoms with Crippen LogP contribution in [-0.2, 0) is 0 Å². The van der Waals surface area contributed by atoms with E-state index in [2.05, 4.69) is 47.3 Å². The van der Waals surface area contributed by atoms with Crippen molar-refractivity contribution >= 4 is 35.6 Å². The van der Waals surface area contributed by atoms with Crippen molar-refractivity contribution in [3.05, 3.63) is 47.4 Å². The standard InChI is InChI=1S/C20H25N9/c1-14-12-18(27-26-14)23-19-22-17(7-6-15-4-3-5-16(21)13-15)24-20(25-19)29-10-8-28(2)9-11-29/h3-7,12-13H,8-11,21H2,1-2H3,(H2,22,23,24,25,26,27)/b7-6+. The largest absolute Gasteiger partial charge is 0.399 e. The van der Waals surface area contributed by atoms with Crippen molar-refractivity contribution in [3.63, 3.8) is 0 Å². The quantitative estimate of drug-likeness (QED) is 0.567. The Balaban J connectivity index is 1.63. The Labute approximate surface area is 169 Å². The lowest BCUT2D eigenvalue weighted by Crippen LogP contribution is -2.45. The van der Waals surface area contributed by atoms with Crippen LogP contribution in [0.4, 0.5) is 23.4 Å². The maximum atomic E-state index is 5.87. The van der Waals surface area contributed by atoms with Gasteiger partial charge in [0.25, 0.3) is 0 Å². The summed E-state index contributed by atoms with van der Waals surface area (Å²) in [6.07, 6.45) is 3.82. The van der Waals surface area contributed by atoms with Gasteiger partial charge in [0.05, 0.1) is 0 Å². The van der Waals surface area contributed by atoms with Gasteiger partial charge in [0.1, 0.15) is 0 Å². The molecule has 0 radical (unpaired) electrons. The first-order valence-corrected chi connectivity index (χ1v) is 9.57. The van der Waals surface area contributed by atoms with Crippen LogP contribution in [0.15, 0.2) is 30.3 Å². The van der Waals surface area contributed by atoms with Gasteiger partial charge in [-0.1, -0.05) is 18.2 Å². The molecule has 1 aliphatic rings. The van der Waals surface area contributed by atoms with Crippen molar-refractivity contribution in [2.24, 2.45) is 0 Å². The lowest BCUT2D eigenvalue weighted by Gasteiger charge is -2.32. The molecule has 0 unspecified atom stereocenters. The molecule has 2 aromatic heterocycles. The van der Waals surface area contributed by atoms with E-state index in [-0.39, 0.29) is 0 Å². The molecular weight excluding hydrogens is 366 g/mol. The summed E-state index contributed by atoms with van der Waals surface area (Å²) >= 11 is 0. The molecule has 9 nitrogen and oxygen atoms in total. The second-order valence-electron chi connectivity index (χ2n) is 7.17. The van der Waals surface area contributed by atoms with Crippen molar-refractivity contribution in [2.45, 2.75) is 6.92 Å². The van der Waals surface area contributed by atoms with E-state index in [9.17, 15) is 0 Å². The zero-order valence-corrected chi connectivity index (χ0v) is 16.6. The predicted octanol–water partition coefficient (Wildman–Crippen LogP) is 2.15. The minimum absolute atomic E-state index is 0.465. The van der Waals surface area contributed by atoms with Gasteiger partial charge in [0.15, 0.2) is 11.6 Å². The molecule has 4 rings (SSSR count). The summed E-state index contributed by atoms with van der Waals surface area (Å²) < 4.78 is 0. The number of nitrogens with zero attached hydrogens (tertiary/aromatic N) is 6. The zero-order valence-electron chi connectivity index (χ0n) is 16.6. The van der Waals surface area contributed by atoms with Gasteiger partial charge in [0, 0.05) is 43.6 Å². The average molecular weight is 391 g/mol. The Morgan fingerprint density at radius 1 is 1.07 bits per heavy atom. The van der Waals surface area contributed by atoms with Crippen LogP contribution in [0, 0.1) is 6.92 Å². The summed E-state index contributed by atoms with van der Waals surface area (Å²) in [5.74, 6) is 2.37. The number of hydrogen-bond acceptors (Lipinski definition) is 8. The number of nitrogens with two attached hydrogens (primary N) is 1. The molecule has 1 aromatic carbocycles. The lowest BCUT2D eigenvalue weighted by molar-refractivity contribution is 0.311. The number of aryl methyl sites for hydroxylation is 1. The molecule has 1 saturated heterocycles. The second-order valence-corrected chi connectivity index (χ2v) is 7.17. The molecule has 0 bridgehead atoms. The van der Waals surface area contributed by atoms with Crippen LogP contribution < -0.4 is 16.0 Å². The summed E-state index contributed by atoms with van der Waals surface area (Å²) in [5, 5.41) is 10.3. The highest BCUT2D eigenvalue weighted by atomic mass is 15.3. The Morgan fingerprint density at radius 3 is 2.62 bits per heavy atom. The van der Waals surface area contributed by atoms with E-state index in [1.807, 2.05) is 49.4 Å². The second kappa shape index (κ2) is 8.27. The van der Waals surface area contributed by atoms with Gasteiger partial charge in [0.2, 0.25) is 11.9 Å². The van der Waals surface area contributed by atoms with Crippen molar-refractivity contribution in [1.82, 2.24) is 30.0 Å². The van der Waals surface area contributed by atoms with E-state index < -0.39 is 0 Å². The smallest absolute Gasteiger partial charge is 0.233 e.